The maximum atomic E-state index is 13.4. The molecule has 0 aliphatic carbocycles. The number of carbonyl (C=O) groups excluding carboxylic acids is 1. The zero-order valence-corrected chi connectivity index (χ0v) is 10.2. The van der Waals surface area contributed by atoms with Gasteiger partial charge in [-0.05, 0) is 6.07 Å². The molecule has 0 aliphatic rings. The van der Waals surface area contributed by atoms with Gasteiger partial charge in [0.2, 0.25) is 0 Å². The lowest BCUT2D eigenvalue weighted by Crippen LogP contribution is -2.13. The molecule has 7 heteroatoms. The van der Waals surface area contributed by atoms with Crippen LogP contribution in [0.3, 0.4) is 0 Å². The fraction of sp³-hybridized carbons (Fsp3) is 0.300. The molecule has 0 radical (unpaired) electrons. The first kappa shape index (κ1) is 14.0. The summed E-state index contributed by atoms with van der Waals surface area (Å²) in [5.41, 5.74) is -0.495. The van der Waals surface area contributed by atoms with Crippen LogP contribution < -0.4 is 0 Å². The van der Waals surface area contributed by atoms with E-state index in [4.69, 9.17) is 0 Å². The van der Waals surface area contributed by atoms with Crippen molar-refractivity contribution in [2.45, 2.75) is 13.0 Å². The van der Waals surface area contributed by atoms with Crippen LogP contribution in [0, 0.1) is 17.5 Å². The Morgan fingerprint density at radius 3 is 2.59 bits per heavy atom. The van der Waals surface area contributed by atoms with E-state index in [1.54, 1.807) is 0 Å². The molecule has 0 amide bonds. The fourth-order valence-corrected chi connectivity index (χ4v) is 1.80. The van der Waals surface area contributed by atoms with Crippen molar-refractivity contribution in [3.05, 3.63) is 33.6 Å². The third-order valence-corrected chi connectivity index (χ3v) is 2.58. The molecular formula is C10H8BrF3O3. The lowest BCUT2D eigenvalue weighted by atomic mass is 10.1. The van der Waals surface area contributed by atoms with Crippen LogP contribution in [0.1, 0.15) is 18.6 Å². The molecule has 0 aromatic heterocycles. The van der Waals surface area contributed by atoms with E-state index >= 15 is 0 Å². The normalized spacial score (nSPS) is 12.4. The average Bonchev–Trinajstić information content (AvgIpc) is 2.23. The van der Waals surface area contributed by atoms with Crippen LogP contribution >= 0.6 is 15.9 Å². The van der Waals surface area contributed by atoms with Crippen molar-refractivity contribution < 1.29 is 27.8 Å². The number of rotatable bonds is 3. The minimum Gasteiger partial charge on any atom is -0.463 e. The third kappa shape index (κ3) is 3.19. The van der Waals surface area contributed by atoms with Gasteiger partial charge in [0.25, 0.3) is 0 Å². The van der Waals surface area contributed by atoms with Crippen LogP contribution in [0.2, 0.25) is 0 Å². The largest absolute Gasteiger partial charge is 0.463 e. The number of hydrogen-bond donors (Lipinski definition) is 1. The van der Waals surface area contributed by atoms with Crippen molar-refractivity contribution in [1.82, 2.24) is 0 Å². The summed E-state index contributed by atoms with van der Waals surface area (Å²) in [6.45, 7) is 0.555. The van der Waals surface area contributed by atoms with Crippen molar-refractivity contribution in [2.24, 2.45) is 0 Å². The first-order valence-electron chi connectivity index (χ1n) is 4.49. The molecule has 1 aromatic rings. The van der Waals surface area contributed by atoms with Gasteiger partial charge in [-0.15, -0.1) is 0 Å². The van der Waals surface area contributed by atoms with Crippen LogP contribution in [0.25, 0.3) is 0 Å². The van der Waals surface area contributed by atoms with Crippen LogP contribution in [0.15, 0.2) is 10.5 Å². The first-order valence-corrected chi connectivity index (χ1v) is 5.28. The minimum absolute atomic E-state index is 0.145. The van der Waals surface area contributed by atoms with E-state index in [-0.39, 0.29) is 4.47 Å². The van der Waals surface area contributed by atoms with Gasteiger partial charge in [-0.2, -0.15) is 0 Å². The summed E-state index contributed by atoms with van der Waals surface area (Å²) in [7, 11) is 0. The van der Waals surface area contributed by atoms with Gasteiger partial charge in [-0.1, -0.05) is 15.9 Å². The van der Waals surface area contributed by atoms with Gasteiger partial charge in [0.1, 0.15) is 12.7 Å². The number of carbonyl (C=O) groups is 1. The second-order valence-corrected chi connectivity index (χ2v) is 4.05. The van der Waals surface area contributed by atoms with Gasteiger partial charge < -0.3 is 9.84 Å². The Balaban J connectivity index is 3.05. The Bertz CT molecular complexity index is 451. The molecule has 1 N–H and O–H groups in total. The van der Waals surface area contributed by atoms with Gasteiger partial charge >= 0.3 is 5.97 Å². The van der Waals surface area contributed by atoms with Crippen molar-refractivity contribution in [3.63, 3.8) is 0 Å². The molecule has 1 atom stereocenters. The first-order chi connectivity index (χ1) is 7.84. The Morgan fingerprint density at radius 1 is 1.47 bits per heavy atom. The van der Waals surface area contributed by atoms with E-state index < -0.39 is 41.7 Å². The minimum atomic E-state index is -1.69. The number of aliphatic hydroxyl groups is 1. The maximum Gasteiger partial charge on any atom is 0.302 e. The summed E-state index contributed by atoms with van der Waals surface area (Å²) < 4.78 is 43.4. The van der Waals surface area contributed by atoms with E-state index in [2.05, 4.69) is 20.7 Å². The van der Waals surface area contributed by atoms with Crippen LogP contribution in [0.5, 0.6) is 0 Å². The summed E-state index contributed by atoms with van der Waals surface area (Å²) in [6.07, 6.45) is -1.58. The lowest BCUT2D eigenvalue weighted by molar-refractivity contribution is -0.144. The zero-order valence-electron chi connectivity index (χ0n) is 8.64. The van der Waals surface area contributed by atoms with E-state index in [0.29, 0.717) is 6.07 Å². The quantitative estimate of drug-likeness (QED) is 0.530. The molecule has 0 spiro atoms. The maximum absolute atomic E-state index is 13.4. The van der Waals surface area contributed by atoms with Gasteiger partial charge in [0.05, 0.1) is 0 Å². The molecule has 0 saturated heterocycles. The average molecular weight is 313 g/mol. The van der Waals surface area contributed by atoms with Crippen molar-refractivity contribution in [1.29, 1.82) is 0 Å². The van der Waals surface area contributed by atoms with E-state index in [0.717, 1.165) is 6.92 Å². The molecule has 17 heavy (non-hydrogen) atoms. The SMILES string of the molecule is CC(=O)OCC(O)c1c(Br)cc(F)c(F)c1F. The second kappa shape index (κ2) is 5.50. The highest BCUT2D eigenvalue weighted by molar-refractivity contribution is 9.10. The van der Waals surface area contributed by atoms with Crippen LogP contribution in [-0.4, -0.2) is 17.7 Å². The van der Waals surface area contributed by atoms with Gasteiger partial charge in [0, 0.05) is 17.0 Å². The summed E-state index contributed by atoms with van der Waals surface area (Å²) >= 11 is 2.79. The smallest absolute Gasteiger partial charge is 0.302 e. The van der Waals surface area contributed by atoms with Gasteiger partial charge in [-0.3, -0.25) is 4.79 Å². The van der Waals surface area contributed by atoms with Crippen molar-refractivity contribution in [2.75, 3.05) is 6.61 Å². The summed E-state index contributed by atoms with van der Waals surface area (Å²) in [4.78, 5) is 10.5. The second-order valence-electron chi connectivity index (χ2n) is 3.20. The predicted octanol–water partition coefficient (Wildman–Crippen LogP) is 2.46. The molecule has 94 valence electrons. The van der Waals surface area contributed by atoms with Crippen LogP contribution in [-0.2, 0) is 9.53 Å². The highest BCUT2D eigenvalue weighted by Crippen LogP contribution is 2.29. The van der Waals surface area contributed by atoms with E-state index in [1.807, 2.05) is 0 Å². The van der Waals surface area contributed by atoms with E-state index in [1.165, 1.54) is 0 Å². The summed E-state index contributed by atoms with van der Waals surface area (Å²) in [5, 5.41) is 9.51. The number of halogens is 4. The fourth-order valence-electron chi connectivity index (χ4n) is 1.17. The van der Waals surface area contributed by atoms with Crippen LogP contribution in [0.4, 0.5) is 13.2 Å². The molecule has 1 rings (SSSR count). The summed E-state index contributed by atoms with van der Waals surface area (Å²) in [5.74, 6) is -5.26. The molecule has 0 aliphatic heterocycles. The zero-order chi connectivity index (χ0) is 13.2. The number of benzene rings is 1. The predicted molar refractivity (Wildman–Crippen MR) is 55.6 cm³/mol. The molecular weight excluding hydrogens is 305 g/mol. The summed E-state index contributed by atoms with van der Waals surface area (Å²) in [6, 6.07) is 0.685. The van der Waals surface area contributed by atoms with Crippen molar-refractivity contribution in [3.8, 4) is 0 Å². The monoisotopic (exact) mass is 312 g/mol. The topological polar surface area (TPSA) is 46.5 Å². The molecule has 0 fully saturated rings. The third-order valence-electron chi connectivity index (χ3n) is 1.93. The number of ether oxygens (including phenoxy) is 1. The number of esters is 1. The standard InChI is InChI=1S/C10H8BrF3O3/c1-4(15)17-3-7(16)8-5(11)2-6(12)9(13)10(8)14/h2,7,16H,3H2,1H3. The van der Waals surface area contributed by atoms with Gasteiger partial charge in [0.15, 0.2) is 17.5 Å². The lowest BCUT2D eigenvalue weighted by Gasteiger charge is -2.14. The Hall–Kier alpha value is -1.08. The molecule has 0 saturated carbocycles. The molecule has 3 nitrogen and oxygen atoms in total. The highest BCUT2D eigenvalue weighted by atomic mass is 79.9. The Labute approximate surface area is 103 Å². The molecule has 1 aromatic carbocycles. The van der Waals surface area contributed by atoms with Crippen molar-refractivity contribution >= 4 is 21.9 Å². The number of hydrogen-bond acceptors (Lipinski definition) is 3. The van der Waals surface area contributed by atoms with Gasteiger partial charge in [-0.25, -0.2) is 13.2 Å². The highest BCUT2D eigenvalue weighted by Gasteiger charge is 2.23. The Morgan fingerprint density at radius 2 is 2.06 bits per heavy atom. The molecule has 0 bridgehead atoms. The van der Waals surface area contributed by atoms with E-state index in [9.17, 15) is 23.1 Å². The number of aliphatic hydroxyl groups excluding tert-OH is 1. The molecule has 0 heterocycles. The molecule has 1 unspecified atom stereocenters. The Kier molecular flexibility index (Phi) is 4.53.